The summed E-state index contributed by atoms with van der Waals surface area (Å²) in [4.78, 5) is 0. The summed E-state index contributed by atoms with van der Waals surface area (Å²) in [7, 11) is 0. The van der Waals surface area contributed by atoms with Crippen LogP contribution in [0.15, 0.2) is 0 Å². The SMILES string of the molecule is SC1CSCC(S)CSC1. The molecule has 0 spiro atoms. The van der Waals surface area contributed by atoms with Crippen LogP contribution in [0.4, 0.5) is 0 Å². The third-order valence-corrected chi connectivity index (χ3v) is 5.51. The van der Waals surface area contributed by atoms with Crippen LogP contribution in [0.2, 0.25) is 0 Å². The van der Waals surface area contributed by atoms with Crippen molar-refractivity contribution in [3.8, 4) is 0 Å². The zero-order valence-corrected chi connectivity index (χ0v) is 9.12. The lowest BCUT2D eigenvalue weighted by molar-refractivity contribution is 1.10. The van der Waals surface area contributed by atoms with Gasteiger partial charge in [-0.15, -0.1) is 0 Å². The summed E-state index contributed by atoms with van der Waals surface area (Å²) in [6.07, 6.45) is 0. The molecule has 0 aromatic carbocycles. The van der Waals surface area contributed by atoms with E-state index in [4.69, 9.17) is 0 Å². The molecule has 1 aliphatic rings. The first-order valence-corrected chi connectivity index (χ1v) is 6.65. The Bertz CT molecular complexity index is 75.7. The number of thioether (sulfide) groups is 2. The van der Waals surface area contributed by atoms with E-state index in [2.05, 4.69) is 25.3 Å². The molecule has 0 aromatic rings. The van der Waals surface area contributed by atoms with Gasteiger partial charge in [0.05, 0.1) is 0 Å². The molecule has 0 unspecified atom stereocenters. The lowest BCUT2D eigenvalue weighted by Crippen LogP contribution is -2.16. The van der Waals surface area contributed by atoms with Gasteiger partial charge >= 0.3 is 0 Å². The quantitative estimate of drug-likeness (QED) is 0.590. The molecule has 1 rings (SSSR count). The van der Waals surface area contributed by atoms with Crippen LogP contribution in [0.5, 0.6) is 0 Å². The maximum atomic E-state index is 4.44. The molecule has 0 bridgehead atoms. The highest BCUT2D eigenvalue weighted by Crippen LogP contribution is 2.21. The van der Waals surface area contributed by atoms with Crippen LogP contribution >= 0.6 is 48.8 Å². The molecule has 0 aromatic heterocycles. The fourth-order valence-corrected chi connectivity index (χ4v) is 4.17. The molecule has 60 valence electrons. The molecule has 0 aliphatic carbocycles. The van der Waals surface area contributed by atoms with E-state index in [0.717, 1.165) is 0 Å². The molecule has 0 N–H and O–H groups in total. The van der Waals surface area contributed by atoms with Gasteiger partial charge in [-0.3, -0.25) is 0 Å². The fraction of sp³-hybridized carbons (Fsp3) is 1.00. The van der Waals surface area contributed by atoms with E-state index in [-0.39, 0.29) is 0 Å². The molecule has 0 amide bonds. The van der Waals surface area contributed by atoms with Crippen LogP contribution in [0.1, 0.15) is 0 Å². The Morgan fingerprint density at radius 1 is 0.800 bits per heavy atom. The molecular weight excluding hydrogens is 200 g/mol. The Balaban J connectivity index is 2.21. The molecule has 10 heavy (non-hydrogen) atoms. The van der Waals surface area contributed by atoms with Crippen molar-refractivity contribution in [2.24, 2.45) is 0 Å². The zero-order chi connectivity index (χ0) is 7.40. The first-order chi connectivity index (χ1) is 4.79. The summed E-state index contributed by atoms with van der Waals surface area (Å²) in [5.41, 5.74) is 0. The van der Waals surface area contributed by atoms with Crippen molar-refractivity contribution in [2.75, 3.05) is 23.0 Å². The van der Waals surface area contributed by atoms with Crippen molar-refractivity contribution < 1.29 is 0 Å². The van der Waals surface area contributed by atoms with E-state index < -0.39 is 0 Å². The van der Waals surface area contributed by atoms with Crippen molar-refractivity contribution in [2.45, 2.75) is 10.5 Å². The zero-order valence-electron chi connectivity index (χ0n) is 5.69. The van der Waals surface area contributed by atoms with Crippen molar-refractivity contribution in [1.82, 2.24) is 0 Å². The van der Waals surface area contributed by atoms with E-state index in [1.165, 1.54) is 23.0 Å². The van der Waals surface area contributed by atoms with Crippen molar-refractivity contribution in [3.63, 3.8) is 0 Å². The summed E-state index contributed by atoms with van der Waals surface area (Å²) < 4.78 is 0. The van der Waals surface area contributed by atoms with Crippen LogP contribution in [0.25, 0.3) is 0 Å². The molecule has 0 atom stereocenters. The van der Waals surface area contributed by atoms with Crippen LogP contribution in [0, 0.1) is 0 Å². The largest absolute Gasteiger partial charge is 0.174 e. The molecule has 4 heteroatoms. The highest BCUT2D eigenvalue weighted by atomic mass is 32.2. The summed E-state index contributed by atoms with van der Waals surface area (Å²) in [5.74, 6) is 4.75. The van der Waals surface area contributed by atoms with Gasteiger partial charge in [0.2, 0.25) is 0 Å². The minimum Gasteiger partial charge on any atom is -0.174 e. The average molecular weight is 212 g/mol. The maximum Gasteiger partial charge on any atom is 0.0198 e. The topological polar surface area (TPSA) is 0 Å². The van der Waals surface area contributed by atoms with Gasteiger partial charge in [-0.05, 0) is 0 Å². The van der Waals surface area contributed by atoms with Gasteiger partial charge in [-0.25, -0.2) is 0 Å². The highest BCUT2D eigenvalue weighted by Gasteiger charge is 2.11. The van der Waals surface area contributed by atoms with E-state index in [0.29, 0.717) is 10.5 Å². The number of hydrogen-bond acceptors (Lipinski definition) is 4. The molecular formula is C6H12S4. The normalized spacial score (nSPS) is 36.6. The first kappa shape index (κ1) is 9.49. The molecule has 1 saturated heterocycles. The molecule has 0 nitrogen and oxygen atoms in total. The Labute approximate surface area is 82.1 Å². The minimum absolute atomic E-state index is 0.593. The van der Waals surface area contributed by atoms with Crippen molar-refractivity contribution in [3.05, 3.63) is 0 Å². The lowest BCUT2D eigenvalue weighted by atomic mass is 10.5. The molecule has 1 heterocycles. The Morgan fingerprint density at radius 3 is 1.40 bits per heavy atom. The molecule has 1 aliphatic heterocycles. The summed E-state index contributed by atoms with van der Waals surface area (Å²) in [6.45, 7) is 0. The third kappa shape index (κ3) is 3.69. The summed E-state index contributed by atoms with van der Waals surface area (Å²) >= 11 is 12.8. The van der Waals surface area contributed by atoms with Gasteiger partial charge in [0.1, 0.15) is 0 Å². The van der Waals surface area contributed by atoms with Gasteiger partial charge in [0.25, 0.3) is 0 Å². The van der Waals surface area contributed by atoms with Gasteiger partial charge in [-0.2, -0.15) is 48.8 Å². The van der Waals surface area contributed by atoms with Crippen LogP contribution in [-0.2, 0) is 0 Å². The summed E-state index contributed by atoms with van der Waals surface area (Å²) in [6, 6.07) is 0. The fourth-order valence-electron chi connectivity index (χ4n) is 0.776. The Hall–Kier alpha value is 1.40. The van der Waals surface area contributed by atoms with Gasteiger partial charge in [0.15, 0.2) is 0 Å². The predicted molar refractivity (Wildman–Crippen MR) is 60.2 cm³/mol. The van der Waals surface area contributed by atoms with E-state index in [9.17, 15) is 0 Å². The second kappa shape index (κ2) is 5.12. The van der Waals surface area contributed by atoms with Crippen LogP contribution < -0.4 is 0 Å². The van der Waals surface area contributed by atoms with Gasteiger partial charge in [0, 0.05) is 33.5 Å². The van der Waals surface area contributed by atoms with Crippen LogP contribution in [-0.4, -0.2) is 33.5 Å². The lowest BCUT2D eigenvalue weighted by Gasteiger charge is -2.17. The minimum atomic E-state index is 0.593. The predicted octanol–water partition coefficient (Wildman–Crippen LogP) is 2.06. The molecule has 0 saturated carbocycles. The highest BCUT2D eigenvalue weighted by molar-refractivity contribution is 8.03. The smallest absolute Gasteiger partial charge is 0.0198 e. The standard InChI is InChI=1S/C6H12S4/c7-5-1-9-3-6(8)4-10-2-5/h5-8H,1-4H2. The molecule has 0 radical (unpaired) electrons. The Morgan fingerprint density at radius 2 is 1.10 bits per heavy atom. The van der Waals surface area contributed by atoms with Gasteiger partial charge in [-0.1, -0.05) is 0 Å². The second-order valence-electron chi connectivity index (χ2n) is 2.38. The van der Waals surface area contributed by atoms with E-state index >= 15 is 0 Å². The Kier molecular flexibility index (Phi) is 4.86. The van der Waals surface area contributed by atoms with Gasteiger partial charge < -0.3 is 0 Å². The maximum absolute atomic E-state index is 4.44. The van der Waals surface area contributed by atoms with Crippen molar-refractivity contribution in [1.29, 1.82) is 0 Å². The number of thiol groups is 2. The number of hydrogen-bond donors (Lipinski definition) is 2. The van der Waals surface area contributed by atoms with Crippen molar-refractivity contribution >= 4 is 48.8 Å². The molecule has 1 fully saturated rings. The van der Waals surface area contributed by atoms with E-state index in [1.54, 1.807) is 0 Å². The average Bonchev–Trinajstić information content (AvgIpc) is 1.84. The summed E-state index contributed by atoms with van der Waals surface area (Å²) in [5, 5.41) is 1.19. The first-order valence-electron chi connectivity index (χ1n) is 3.30. The van der Waals surface area contributed by atoms with Crippen LogP contribution in [0.3, 0.4) is 0 Å². The monoisotopic (exact) mass is 212 g/mol. The number of rotatable bonds is 0. The third-order valence-electron chi connectivity index (χ3n) is 1.24. The van der Waals surface area contributed by atoms with E-state index in [1.807, 2.05) is 23.5 Å². The second-order valence-corrected chi connectivity index (χ2v) is 5.99.